The average molecular weight is 358 g/mol. The molecule has 0 saturated carbocycles. The highest BCUT2D eigenvalue weighted by molar-refractivity contribution is 6.55. The van der Waals surface area contributed by atoms with Crippen LogP contribution in [0.15, 0.2) is 33.9 Å². The zero-order chi connectivity index (χ0) is 16.5. The molecule has 1 aliphatic rings. The van der Waals surface area contributed by atoms with Gasteiger partial charge in [0.1, 0.15) is 23.5 Å². The fourth-order valence-corrected chi connectivity index (χ4v) is 2.61. The Morgan fingerprint density at radius 2 is 2.13 bits per heavy atom. The minimum atomic E-state index is 0.185. The van der Waals surface area contributed by atoms with Crippen molar-refractivity contribution in [1.82, 2.24) is 0 Å². The highest BCUT2D eigenvalue weighted by Gasteiger charge is 2.19. The van der Waals surface area contributed by atoms with Gasteiger partial charge in [0, 0.05) is 17.7 Å². The molecule has 4 nitrogen and oxygen atoms in total. The van der Waals surface area contributed by atoms with Gasteiger partial charge in [-0.25, -0.2) is 0 Å². The zero-order valence-electron chi connectivity index (χ0n) is 12.9. The standard InChI is InChI=1S/C17H21Cl2NO3/c18-17(19)9-12-22-16-8-4-5-13-14(16)6-3-7-15(13)20-23-11-2-1-10-21/h4-5,8-9,21H,1-3,6-7,10-12H2. The third-order valence-corrected chi connectivity index (χ3v) is 3.89. The Morgan fingerprint density at radius 1 is 1.26 bits per heavy atom. The molecule has 0 atom stereocenters. The van der Waals surface area contributed by atoms with E-state index < -0.39 is 0 Å². The van der Waals surface area contributed by atoms with E-state index in [4.69, 9.17) is 37.9 Å². The number of benzene rings is 1. The summed E-state index contributed by atoms with van der Waals surface area (Å²) in [7, 11) is 0. The van der Waals surface area contributed by atoms with E-state index in [1.807, 2.05) is 18.2 Å². The Labute approximate surface area is 146 Å². The first-order valence-electron chi connectivity index (χ1n) is 7.78. The number of hydrogen-bond acceptors (Lipinski definition) is 4. The summed E-state index contributed by atoms with van der Waals surface area (Å²) in [4.78, 5) is 5.38. The number of ether oxygens (including phenoxy) is 1. The number of aliphatic hydroxyl groups excluding tert-OH is 1. The summed E-state index contributed by atoms with van der Waals surface area (Å²) in [5.41, 5.74) is 3.18. The lowest BCUT2D eigenvalue weighted by Crippen LogP contribution is -2.14. The predicted molar refractivity (Wildman–Crippen MR) is 93.5 cm³/mol. The predicted octanol–water partition coefficient (Wildman–Crippen LogP) is 4.21. The van der Waals surface area contributed by atoms with Crippen molar-refractivity contribution in [2.75, 3.05) is 19.8 Å². The van der Waals surface area contributed by atoms with Gasteiger partial charge < -0.3 is 14.7 Å². The summed E-state index contributed by atoms with van der Waals surface area (Å²) in [6, 6.07) is 5.94. The molecule has 0 bridgehead atoms. The van der Waals surface area contributed by atoms with Crippen LogP contribution >= 0.6 is 23.2 Å². The quantitative estimate of drug-likeness (QED) is 0.559. The van der Waals surface area contributed by atoms with Crippen LogP contribution in [0.4, 0.5) is 0 Å². The van der Waals surface area contributed by atoms with Crippen LogP contribution in [-0.4, -0.2) is 30.6 Å². The maximum absolute atomic E-state index is 8.75. The van der Waals surface area contributed by atoms with E-state index in [1.165, 1.54) is 0 Å². The molecule has 0 unspecified atom stereocenters. The molecule has 6 heteroatoms. The molecule has 0 heterocycles. The highest BCUT2D eigenvalue weighted by atomic mass is 35.5. The average Bonchev–Trinajstić information content (AvgIpc) is 2.55. The molecule has 0 spiro atoms. The highest BCUT2D eigenvalue weighted by Crippen LogP contribution is 2.30. The van der Waals surface area contributed by atoms with Gasteiger partial charge in [0.25, 0.3) is 0 Å². The summed E-state index contributed by atoms with van der Waals surface area (Å²) in [5, 5.41) is 13.0. The number of nitrogens with zero attached hydrogens (tertiary/aromatic N) is 1. The number of rotatable bonds is 8. The molecule has 0 radical (unpaired) electrons. The molecule has 1 aromatic carbocycles. The van der Waals surface area contributed by atoms with Crippen LogP contribution < -0.4 is 4.74 Å². The summed E-state index contributed by atoms with van der Waals surface area (Å²) in [6.07, 6.45) is 6.00. The van der Waals surface area contributed by atoms with Crippen molar-refractivity contribution in [3.05, 3.63) is 39.9 Å². The normalized spacial score (nSPS) is 15.2. The molecule has 126 valence electrons. The first-order valence-corrected chi connectivity index (χ1v) is 8.54. The number of fused-ring (bicyclic) bond motifs is 1. The minimum absolute atomic E-state index is 0.185. The third kappa shape index (κ3) is 5.72. The van der Waals surface area contributed by atoms with Crippen molar-refractivity contribution < 1.29 is 14.7 Å². The molecule has 1 N–H and O–H groups in total. The Morgan fingerprint density at radius 3 is 2.91 bits per heavy atom. The van der Waals surface area contributed by atoms with Gasteiger partial charge in [-0.3, -0.25) is 0 Å². The van der Waals surface area contributed by atoms with Crippen molar-refractivity contribution in [3.63, 3.8) is 0 Å². The van der Waals surface area contributed by atoms with Crippen LogP contribution in [0.3, 0.4) is 0 Å². The smallest absolute Gasteiger partial charge is 0.123 e. The van der Waals surface area contributed by atoms with Gasteiger partial charge in [0.2, 0.25) is 0 Å². The second-order valence-corrected chi connectivity index (χ2v) is 6.25. The molecule has 1 aromatic rings. The molecule has 0 aromatic heterocycles. The third-order valence-electron chi connectivity index (χ3n) is 3.58. The van der Waals surface area contributed by atoms with E-state index >= 15 is 0 Å². The van der Waals surface area contributed by atoms with Crippen LogP contribution in [0, 0.1) is 0 Å². The molecule has 0 saturated heterocycles. The monoisotopic (exact) mass is 357 g/mol. The van der Waals surface area contributed by atoms with Crippen molar-refractivity contribution in [3.8, 4) is 5.75 Å². The van der Waals surface area contributed by atoms with E-state index in [0.29, 0.717) is 13.2 Å². The lowest BCUT2D eigenvalue weighted by molar-refractivity contribution is 0.133. The molecule has 2 rings (SSSR count). The van der Waals surface area contributed by atoms with Gasteiger partial charge >= 0.3 is 0 Å². The first-order chi connectivity index (χ1) is 11.2. The number of halogens is 2. The van der Waals surface area contributed by atoms with E-state index in [2.05, 4.69) is 5.16 Å². The van der Waals surface area contributed by atoms with Gasteiger partial charge in [-0.15, -0.1) is 0 Å². The van der Waals surface area contributed by atoms with Crippen molar-refractivity contribution in [2.45, 2.75) is 32.1 Å². The molecule has 1 aliphatic carbocycles. The van der Waals surface area contributed by atoms with Crippen molar-refractivity contribution in [1.29, 1.82) is 0 Å². The maximum Gasteiger partial charge on any atom is 0.123 e. The fraction of sp³-hybridized carbons (Fsp3) is 0.471. The van der Waals surface area contributed by atoms with Crippen LogP contribution in [0.25, 0.3) is 0 Å². The second-order valence-electron chi connectivity index (χ2n) is 5.24. The van der Waals surface area contributed by atoms with Crippen molar-refractivity contribution >= 4 is 28.9 Å². The van der Waals surface area contributed by atoms with E-state index in [9.17, 15) is 0 Å². The Balaban J connectivity index is 2.06. The zero-order valence-corrected chi connectivity index (χ0v) is 14.4. The maximum atomic E-state index is 8.75. The second kappa shape index (κ2) is 9.81. The number of oxime groups is 1. The fourth-order valence-electron chi connectivity index (χ4n) is 2.49. The summed E-state index contributed by atoms with van der Waals surface area (Å²) in [6.45, 7) is 1.04. The largest absolute Gasteiger partial charge is 0.489 e. The summed E-state index contributed by atoms with van der Waals surface area (Å²) in [5.74, 6) is 0.834. The van der Waals surface area contributed by atoms with Gasteiger partial charge in [-0.1, -0.05) is 40.5 Å². The van der Waals surface area contributed by atoms with E-state index in [1.54, 1.807) is 6.08 Å². The number of aliphatic hydroxyl groups is 1. The van der Waals surface area contributed by atoms with Gasteiger partial charge in [0.05, 0.1) is 5.71 Å². The molecular weight excluding hydrogens is 337 g/mol. The van der Waals surface area contributed by atoms with Crippen LogP contribution in [-0.2, 0) is 11.3 Å². The number of hydrogen-bond donors (Lipinski definition) is 1. The first kappa shape index (κ1) is 18.1. The van der Waals surface area contributed by atoms with Crippen LogP contribution in [0.2, 0.25) is 0 Å². The molecule has 0 fully saturated rings. The molecule has 23 heavy (non-hydrogen) atoms. The Bertz CT molecular complexity index is 569. The number of unbranched alkanes of at least 4 members (excludes halogenated alkanes) is 1. The van der Waals surface area contributed by atoms with Gasteiger partial charge in [-0.2, -0.15) is 0 Å². The Kier molecular flexibility index (Phi) is 7.72. The molecule has 0 aliphatic heterocycles. The molecule has 0 amide bonds. The minimum Gasteiger partial charge on any atom is -0.489 e. The van der Waals surface area contributed by atoms with Gasteiger partial charge in [-0.05, 0) is 44.2 Å². The van der Waals surface area contributed by atoms with E-state index in [-0.39, 0.29) is 11.1 Å². The Hall–Kier alpha value is -1.23. The summed E-state index contributed by atoms with van der Waals surface area (Å²) >= 11 is 11.2. The van der Waals surface area contributed by atoms with Crippen LogP contribution in [0.1, 0.15) is 36.8 Å². The lowest BCUT2D eigenvalue weighted by Gasteiger charge is -2.20. The SMILES string of the molecule is OCCCCON=C1CCCc2c(OCC=C(Cl)Cl)cccc21. The van der Waals surface area contributed by atoms with E-state index in [0.717, 1.165) is 54.7 Å². The topological polar surface area (TPSA) is 51.0 Å². The van der Waals surface area contributed by atoms with Gasteiger partial charge in [0.15, 0.2) is 0 Å². The summed E-state index contributed by atoms with van der Waals surface area (Å²) < 4.78 is 5.95. The lowest BCUT2D eigenvalue weighted by atomic mass is 9.89. The van der Waals surface area contributed by atoms with Crippen molar-refractivity contribution in [2.24, 2.45) is 5.16 Å². The molecular formula is C17H21Cl2NO3. The van der Waals surface area contributed by atoms with Crippen LogP contribution in [0.5, 0.6) is 5.75 Å².